The van der Waals surface area contributed by atoms with E-state index in [-0.39, 0.29) is 0 Å². The van der Waals surface area contributed by atoms with Gasteiger partial charge in [-0.2, -0.15) is 0 Å². The van der Waals surface area contributed by atoms with Crippen molar-refractivity contribution in [3.63, 3.8) is 0 Å². The molecule has 2 nitrogen and oxygen atoms in total. The van der Waals surface area contributed by atoms with Gasteiger partial charge < -0.3 is 10.1 Å². The van der Waals surface area contributed by atoms with Crippen LogP contribution in [-0.2, 0) is 6.42 Å². The van der Waals surface area contributed by atoms with Gasteiger partial charge in [-0.15, -0.1) is 0 Å². The zero-order valence-corrected chi connectivity index (χ0v) is 14.7. The maximum absolute atomic E-state index is 5.62. The van der Waals surface area contributed by atoms with Crippen molar-refractivity contribution < 1.29 is 4.74 Å². The zero-order chi connectivity index (χ0) is 16.3. The van der Waals surface area contributed by atoms with Gasteiger partial charge in [-0.1, -0.05) is 32.0 Å². The standard InChI is InChI=1S/C21H25NO/c1-11(2)14-6-7-19-16(9-14)18-10-15-13(4)21(23-5)12(3)8-17(15)20(18)22-19/h6-9,11,18,20,22H,10H2,1-5H3/t18-,20-/m1/s1. The predicted octanol–water partition coefficient (Wildman–Crippen LogP) is 5.24. The molecule has 1 heterocycles. The van der Waals surface area contributed by atoms with E-state index in [1.54, 1.807) is 7.11 Å². The van der Waals surface area contributed by atoms with Crippen LogP contribution >= 0.6 is 0 Å². The summed E-state index contributed by atoms with van der Waals surface area (Å²) in [6.45, 7) is 8.89. The molecule has 1 aliphatic carbocycles. The number of hydrogen-bond acceptors (Lipinski definition) is 2. The van der Waals surface area contributed by atoms with Crippen molar-refractivity contribution in [3.05, 3.63) is 57.6 Å². The second-order valence-corrected chi connectivity index (χ2v) is 7.35. The van der Waals surface area contributed by atoms with Crippen molar-refractivity contribution in [2.75, 3.05) is 12.4 Å². The van der Waals surface area contributed by atoms with E-state index in [0.29, 0.717) is 17.9 Å². The lowest BCUT2D eigenvalue weighted by molar-refractivity contribution is 0.408. The summed E-state index contributed by atoms with van der Waals surface area (Å²) in [6, 6.07) is 9.71. The third-order valence-corrected chi connectivity index (χ3v) is 5.69. The summed E-state index contributed by atoms with van der Waals surface area (Å²) in [5.74, 6) is 2.19. The molecule has 4 rings (SSSR count). The lowest BCUT2D eigenvalue weighted by atomic mass is 9.92. The van der Waals surface area contributed by atoms with E-state index in [2.05, 4.69) is 57.3 Å². The van der Waals surface area contributed by atoms with Crippen molar-refractivity contribution in [2.24, 2.45) is 0 Å². The predicted molar refractivity (Wildman–Crippen MR) is 95.8 cm³/mol. The monoisotopic (exact) mass is 307 g/mol. The number of anilines is 1. The van der Waals surface area contributed by atoms with Crippen molar-refractivity contribution in [3.8, 4) is 5.75 Å². The first-order valence-electron chi connectivity index (χ1n) is 8.58. The van der Waals surface area contributed by atoms with Crippen LogP contribution in [0.4, 0.5) is 5.69 Å². The molecule has 1 N–H and O–H groups in total. The number of rotatable bonds is 2. The summed E-state index contributed by atoms with van der Waals surface area (Å²) in [5.41, 5.74) is 9.76. The van der Waals surface area contributed by atoms with Crippen molar-refractivity contribution in [2.45, 2.75) is 52.0 Å². The Hall–Kier alpha value is -1.96. The van der Waals surface area contributed by atoms with Crippen molar-refractivity contribution in [1.29, 1.82) is 0 Å². The Labute approximate surface area is 138 Å². The molecule has 1 aliphatic heterocycles. The van der Waals surface area contributed by atoms with Gasteiger partial charge >= 0.3 is 0 Å². The first-order chi connectivity index (χ1) is 11.0. The molecule has 2 atom stereocenters. The summed E-state index contributed by atoms with van der Waals surface area (Å²) >= 11 is 0. The van der Waals surface area contributed by atoms with E-state index in [9.17, 15) is 0 Å². The molecule has 0 amide bonds. The molecule has 23 heavy (non-hydrogen) atoms. The lowest BCUT2D eigenvalue weighted by Gasteiger charge is -2.16. The van der Waals surface area contributed by atoms with Crippen LogP contribution in [0.15, 0.2) is 24.3 Å². The zero-order valence-electron chi connectivity index (χ0n) is 14.7. The number of ether oxygens (including phenoxy) is 1. The molecular weight excluding hydrogens is 282 g/mol. The van der Waals surface area contributed by atoms with E-state index >= 15 is 0 Å². The fourth-order valence-electron chi connectivity index (χ4n) is 4.47. The van der Waals surface area contributed by atoms with Gasteiger partial charge in [0.05, 0.1) is 13.2 Å². The van der Waals surface area contributed by atoms with Gasteiger partial charge in [-0.3, -0.25) is 0 Å². The third-order valence-electron chi connectivity index (χ3n) is 5.69. The summed E-state index contributed by atoms with van der Waals surface area (Å²) in [6.07, 6.45) is 1.12. The SMILES string of the molecule is COc1c(C)cc2c(c1C)C[C@@H]1c3cc(C(C)C)ccc3N[C@H]21. The van der Waals surface area contributed by atoms with Gasteiger partial charge in [0.15, 0.2) is 0 Å². The molecule has 0 spiro atoms. The number of benzene rings is 2. The minimum absolute atomic E-state index is 0.422. The summed E-state index contributed by atoms with van der Waals surface area (Å²) in [4.78, 5) is 0. The first kappa shape index (κ1) is 14.6. The number of aryl methyl sites for hydroxylation is 1. The molecule has 0 unspecified atom stereocenters. The largest absolute Gasteiger partial charge is 0.496 e. The second kappa shape index (κ2) is 5.02. The second-order valence-electron chi connectivity index (χ2n) is 7.35. The normalized spacial score (nSPS) is 21.0. The Bertz CT molecular complexity index is 791. The minimum Gasteiger partial charge on any atom is -0.496 e. The molecule has 0 radical (unpaired) electrons. The van der Waals surface area contributed by atoms with Crippen LogP contribution in [0.25, 0.3) is 0 Å². The molecule has 2 aliphatic rings. The molecular formula is C21H25NO. The van der Waals surface area contributed by atoms with Gasteiger partial charge in [0.25, 0.3) is 0 Å². The van der Waals surface area contributed by atoms with Crippen molar-refractivity contribution >= 4 is 5.69 Å². The number of nitrogens with one attached hydrogen (secondary N) is 1. The maximum atomic E-state index is 5.62. The average Bonchev–Trinajstić information content (AvgIpc) is 3.04. The smallest absolute Gasteiger partial charge is 0.124 e. The molecule has 0 fully saturated rings. The van der Waals surface area contributed by atoms with E-state index in [0.717, 1.165) is 12.2 Å². The summed E-state index contributed by atoms with van der Waals surface area (Å²) in [5, 5.41) is 3.77. The van der Waals surface area contributed by atoms with E-state index in [1.165, 1.54) is 39.1 Å². The highest BCUT2D eigenvalue weighted by atomic mass is 16.5. The van der Waals surface area contributed by atoms with Crippen LogP contribution in [0.1, 0.15) is 65.1 Å². The Kier molecular flexibility index (Phi) is 3.19. The van der Waals surface area contributed by atoms with E-state index in [4.69, 9.17) is 4.74 Å². The molecule has 0 bridgehead atoms. The number of methoxy groups -OCH3 is 1. The highest BCUT2D eigenvalue weighted by Gasteiger charge is 2.41. The van der Waals surface area contributed by atoms with Gasteiger partial charge in [0.1, 0.15) is 5.75 Å². The van der Waals surface area contributed by atoms with Crippen molar-refractivity contribution in [1.82, 2.24) is 0 Å². The highest BCUT2D eigenvalue weighted by molar-refractivity contribution is 5.67. The topological polar surface area (TPSA) is 21.3 Å². The fraction of sp³-hybridized carbons (Fsp3) is 0.429. The Morgan fingerprint density at radius 1 is 1.13 bits per heavy atom. The van der Waals surface area contributed by atoms with Crippen LogP contribution in [0.3, 0.4) is 0 Å². The van der Waals surface area contributed by atoms with Gasteiger partial charge in [0, 0.05) is 11.6 Å². The molecule has 0 saturated heterocycles. The fourth-order valence-corrected chi connectivity index (χ4v) is 4.47. The van der Waals surface area contributed by atoms with Gasteiger partial charge in [-0.05, 0) is 65.6 Å². The Morgan fingerprint density at radius 3 is 2.61 bits per heavy atom. The van der Waals surface area contributed by atoms with E-state index in [1.807, 2.05) is 0 Å². The van der Waals surface area contributed by atoms with Crippen LogP contribution in [0.5, 0.6) is 5.75 Å². The quantitative estimate of drug-likeness (QED) is 0.819. The Balaban J connectivity index is 1.80. The lowest BCUT2D eigenvalue weighted by Crippen LogP contribution is -2.06. The van der Waals surface area contributed by atoms with Crippen LogP contribution in [0.2, 0.25) is 0 Å². The average molecular weight is 307 g/mol. The Morgan fingerprint density at radius 2 is 1.91 bits per heavy atom. The third kappa shape index (κ3) is 2.00. The number of hydrogen-bond donors (Lipinski definition) is 1. The summed E-state index contributed by atoms with van der Waals surface area (Å²) < 4.78 is 5.62. The molecule has 2 aromatic rings. The first-order valence-corrected chi connectivity index (χ1v) is 8.58. The van der Waals surface area contributed by atoms with Crippen LogP contribution in [0, 0.1) is 13.8 Å². The molecule has 2 aromatic carbocycles. The molecule has 120 valence electrons. The van der Waals surface area contributed by atoms with Crippen LogP contribution < -0.4 is 10.1 Å². The van der Waals surface area contributed by atoms with Crippen LogP contribution in [-0.4, -0.2) is 7.11 Å². The number of fused-ring (bicyclic) bond motifs is 5. The molecule has 0 saturated carbocycles. The summed E-state index contributed by atoms with van der Waals surface area (Å²) in [7, 11) is 1.78. The van der Waals surface area contributed by atoms with Gasteiger partial charge in [0.2, 0.25) is 0 Å². The molecule has 0 aromatic heterocycles. The molecule has 2 heteroatoms. The minimum atomic E-state index is 0.422. The van der Waals surface area contributed by atoms with Gasteiger partial charge in [-0.25, -0.2) is 0 Å². The maximum Gasteiger partial charge on any atom is 0.124 e. The van der Waals surface area contributed by atoms with E-state index < -0.39 is 0 Å². The highest BCUT2D eigenvalue weighted by Crippen LogP contribution is 2.53.